The van der Waals surface area contributed by atoms with Gasteiger partial charge >= 0.3 is 0 Å². The molecule has 2 unspecified atom stereocenters. The Morgan fingerprint density at radius 3 is 2.84 bits per heavy atom. The largest absolute Gasteiger partial charge is 0.375 e. The van der Waals surface area contributed by atoms with Crippen molar-refractivity contribution in [2.75, 3.05) is 24.6 Å². The predicted octanol–water partition coefficient (Wildman–Crippen LogP) is 1.45. The van der Waals surface area contributed by atoms with Crippen molar-refractivity contribution in [2.24, 2.45) is 7.05 Å². The second kappa shape index (κ2) is 5.92. The van der Waals surface area contributed by atoms with Crippen molar-refractivity contribution < 1.29 is 4.74 Å². The summed E-state index contributed by atoms with van der Waals surface area (Å²) in [6, 6.07) is 0.395. The van der Waals surface area contributed by atoms with Crippen molar-refractivity contribution in [2.45, 2.75) is 46.4 Å². The third-order valence-electron chi connectivity index (χ3n) is 3.74. The van der Waals surface area contributed by atoms with Gasteiger partial charge in [-0.2, -0.15) is 5.10 Å². The summed E-state index contributed by atoms with van der Waals surface area (Å²) < 4.78 is 7.73. The van der Waals surface area contributed by atoms with Crippen molar-refractivity contribution in [3.63, 3.8) is 0 Å². The number of hydrogen-bond acceptors (Lipinski definition) is 4. The van der Waals surface area contributed by atoms with E-state index >= 15 is 0 Å². The summed E-state index contributed by atoms with van der Waals surface area (Å²) in [4.78, 5) is 2.43. The van der Waals surface area contributed by atoms with E-state index in [1.54, 1.807) is 0 Å². The second-order valence-corrected chi connectivity index (χ2v) is 5.44. The van der Waals surface area contributed by atoms with Crippen LogP contribution in [0.3, 0.4) is 0 Å². The summed E-state index contributed by atoms with van der Waals surface area (Å²) in [7, 11) is 2.03. The monoisotopic (exact) mass is 266 g/mol. The van der Waals surface area contributed by atoms with Gasteiger partial charge in [0, 0.05) is 25.7 Å². The molecule has 1 aromatic heterocycles. The van der Waals surface area contributed by atoms with Crippen LogP contribution in [0, 0.1) is 6.92 Å². The zero-order chi connectivity index (χ0) is 14.0. The molecule has 0 saturated carbocycles. The van der Waals surface area contributed by atoms with E-state index in [1.807, 2.05) is 11.7 Å². The Labute approximate surface area is 115 Å². The minimum Gasteiger partial charge on any atom is -0.375 e. The molecule has 0 aromatic carbocycles. The van der Waals surface area contributed by atoms with E-state index in [0.29, 0.717) is 6.04 Å². The minimum atomic E-state index is 0.276. The number of nitrogens with zero attached hydrogens (tertiary/aromatic N) is 3. The smallest absolute Gasteiger partial charge is 0.131 e. The highest BCUT2D eigenvalue weighted by Gasteiger charge is 2.28. The average molecular weight is 266 g/mol. The van der Waals surface area contributed by atoms with E-state index in [1.165, 1.54) is 11.4 Å². The molecule has 1 fully saturated rings. The summed E-state index contributed by atoms with van der Waals surface area (Å²) in [6.07, 6.45) is 0.276. The molecule has 1 aliphatic heterocycles. The van der Waals surface area contributed by atoms with Gasteiger partial charge in [0.05, 0.1) is 24.4 Å². The van der Waals surface area contributed by atoms with Crippen molar-refractivity contribution in [3.05, 3.63) is 11.3 Å². The van der Waals surface area contributed by atoms with Crippen LogP contribution in [0.2, 0.25) is 0 Å². The molecule has 0 bridgehead atoms. The third-order valence-corrected chi connectivity index (χ3v) is 3.74. The Bertz CT molecular complexity index is 429. The fraction of sp³-hybridized carbons (Fsp3) is 0.786. The van der Waals surface area contributed by atoms with Crippen molar-refractivity contribution in [3.8, 4) is 0 Å². The first-order valence-electron chi connectivity index (χ1n) is 7.16. The molecule has 2 rings (SSSR count). The first-order valence-corrected chi connectivity index (χ1v) is 7.16. The van der Waals surface area contributed by atoms with E-state index in [4.69, 9.17) is 4.74 Å². The molecule has 1 aliphatic rings. The lowest BCUT2D eigenvalue weighted by molar-refractivity contribution is 0.0337. The maximum absolute atomic E-state index is 5.72. The fourth-order valence-corrected chi connectivity index (χ4v) is 2.70. The summed E-state index contributed by atoms with van der Waals surface area (Å²) >= 11 is 0. The van der Waals surface area contributed by atoms with E-state index in [-0.39, 0.29) is 6.10 Å². The Morgan fingerprint density at radius 2 is 2.16 bits per heavy atom. The van der Waals surface area contributed by atoms with E-state index in [0.717, 1.165) is 31.9 Å². The van der Waals surface area contributed by atoms with Crippen LogP contribution in [-0.4, -0.2) is 41.6 Å². The highest BCUT2D eigenvalue weighted by atomic mass is 16.5. The zero-order valence-corrected chi connectivity index (χ0v) is 12.7. The molecule has 0 radical (unpaired) electrons. The number of ether oxygens (including phenoxy) is 1. The molecule has 1 saturated heterocycles. The maximum Gasteiger partial charge on any atom is 0.131 e. The van der Waals surface area contributed by atoms with Crippen LogP contribution in [0.25, 0.3) is 0 Å². The number of aryl methyl sites for hydroxylation is 2. The molecular formula is C14H26N4O. The van der Waals surface area contributed by atoms with Crippen molar-refractivity contribution in [1.82, 2.24) is 15.1 Å². The van der Waals surface area contributed by atoms with Gasteiger partial charge in [0.2, 0.25) is 0 Å². The molecule has 108 valence electrons. The topological polar surface area (TPSA) is 42.3 Å². The number of anilines is 1. The Balaban J connectivity index is 2.31. The lowest BCUT2D eigenvalue weighted by Crippen LogP contribution is -2.48. The SMILES string of the molecule is CCNCc1c(C)nn(C)c1N1CC(C)OCC1C. The second-order valence-electron chi connectivity index (χ2n) is 5.44. The van der Waals surface area contributed by atoms with Crippen LogP contribution in [0.5, 0.6) is 0 Å². The summed E-state index contributed by atoms with van der Waals surface area (Å²) in [5.74, 6) is 1.24. The van der Waals surface area contributed by atoms with Gasteiger partial charge < -0.3 is 15.0 Å². The van der Waals surface area contributed by atoms with Crippen molar-refractivity contribution >= 4 is 5.82 Å². The first kappa shape index (κ1) is 14.3. The molecule has 1 aromatic rings. The standard InChI is InChI=1S/C14H26N4O/c1-6-15-7-13-12(4)16-17(5)14(13)18-8-11(3)19-9-10(18)2/h10-11,15H,6-9H2,1-5H3. The van der Waals surface area contributed by atoms with E-state index < -0.39 is 0 Å². The predicted molar refractivity (Wildman–Crippen MR) is 77.5 cm³/mol. The van der Waals surface area contributed by atoms with Gasteiger partial charge in [-0.15, -0.1) is 0 Å². The lowest BCUT2D eigenvalue weighted by Gasteiger charge is -2.38. The van der Waals surface area contributed by atoms with Crippen LogP contribution >= 0.6 is 0 Å². The number of hydrogen-bond donors (Lipinski definition) is 1. The van der Waals surface area contributed by atoms with Crippen LogP contribution in [0.4, 0.5) is 5.82 Å². The number of morpholine rings is 1. The molecule has 19 heavy (non-hydrogen) atoms. The zero-order valence-electron chi connectivity index (χ0n) is 12.7. The van der Waals surface area contributed by atoms with Gasteiger partial charge in [0.15, 0.2) is 0 Å². The number of rotatable bonds is 4. The van der Waals surface area contributed by atoms with Gasteiger partial charge in [-0.25, -0.2) is 0 Å². The van der Waals surface area contributed by atoms with Gasteiger partial charge in [0.1, 0.15) is 5.82 Å². The highest BCUT2D eigenvalue weighted by Crippen LogP contribution is 2.27. The van der Waals surface area contributed by atoms with Gasteiger partial charge in [-0.1, -0.05) is 6.92 Å². The normalized spacial score (nSPS) is 23.9. The number of aromatic nitrogens is 2. The van der Waals surface area contributed by atoms with Crippen LogP contribution in [-0.2, 0) is 18.3 Å². The molecule has 5 heteroatoms. The molecular weight excluding hydrogens is 240 g/mol. The maximum atomic E-state index is 5.72. The minimum absolute atomic E-state index is 0.276. The third kappa shape index (κ3) is 2.92. The van der Waals surface area contributed by atoms with Crippen LogP contribution in [0.1, 0.15) is 32.0 Å². The fourth-order valence-electron chi connectivity index (χ4n) is 2.70. The lowest BCUT2D eigenvalue weighted by atomic mass is 10.1. The number of nitrogens with one attached hydrogen (secondary N) is 1. The van der Waals surface area contributed by atoms with Crippen molar-refractivity contribution in [1.29, 1.82) is 0 Å². The molecule has 2 heterocycles. The van der Waals surface area contributed by atoms with Gasteiger partial charge in [0.25, 0.3) is 0 Å². The summed E-state index contributed by atoms with van der Waals surface area (Å²) in [5, 5.41) is 8.01. The summed E-state index contributed by atoms with van der Waals surface area (Å²) in [6.45, 7) is 12.1. The van der Waals surface area contributed by atoms with E-state index in [9.17, 15) is 0 Å². The molecule has 1 N–H and O–H groups in total. The molecule has 5 nitrogen and oxygen atoms in total. The van der Waals surface area contributed by atoms with Gasteiger partial charge in [-0.3, -0.25) is 4.68 Å². The quantitative estimate of drug-likeness (QED) is 0.896. The van der Waals surface area contributed by atoms with Crippen LogP contribution in [0.15, 0.2) is 0 Å². The van der Waals surface area contributed by atoms with Crippen LogP contribution < -0.4 is 10.2 Å². The summed E-state index contributed by atoms with van der Waals surface area (Å²) in [5.41, 5.74) is 2.43. The highest BCUT2D eigenvalue weighted by molar-refractivity contribution is 5.51. The molecule has 0 spiro atoms. The van der Waals surface area contributed by atoms with Gasteiger partial charge in [-0.05, 0) is 27.3 Å². The Morgan fingerprint density at radius 1 is 1.42 bits per heavy atom. The molecule has 2 atom stereocenters. The van der Waals surface area contributed by atoms with E-state index in [2.05, 4.69) is 43.0 Å². The Hall–Kier alpha value is -1.07. The molecule has 0 aliphatic carbocycles. The average Bonchev–Trinajstić information content (AvgIpc) is 2.64. The molecule has 0 amide bonds. The first-order chi connectivity index (χ1) is 9.04. The Kier molecular flexibility index (Phi) is 4.47.